The summed E-state index contributed by atoms with van der Waals surface area (Å²) in [7, 11) is -3.49. The van der Waals surface area contributed by atoms with E-state index in [-0.39, 0.29) is 6.61 Å². The Morgan fingerprint density at radius 2 is 1.93 bits per heavy atom. The van der Waals surface area contributed by atoms with Crippen LogP contribution in [0.15, 0.2) is 30.3 Å². The molecule has 0 aliphatic carbocycles. The molecule has 14 heavy (non-hydrogen) atoms. The molecule has 78 valence electrons. The molecule has 0 aromatic heterocycles. The van der Waals surface area contributed by atoms with E-state index < -0.39 is 16.2 Å². The van der Waals surface area contributed by atoms with E-state index in [1.54, 1.807) is 24.3 Å². The lowest BCUT2D eigenvalue weighted by Gasteiger charge is -2.09. The topological polar surface area (TPSA) is 63.6 Å². The Labute approximate surface area is 83.3 Å². The molecule has 1 aromatic carbocycles. The summed E-state index contributed by atoms with van der Waals surface area (Å²) in [5.41, 5.74) is 0.635. The van der Waals surface area contributed by atoms with Crippen LogP contribution in [0.1, 0.15) is 11.7 Å². The lowest BCUT2D eigenvalue weighted by Crippen LogP contribution is -2.11. The number of benzene rings is 1. The van der Waals surface area contributed by atoms with E-state index in [1.807, 2.05) is 6.07 Å². The first kappa shape index (κ1) is 11.2. The average molecular weight is 216 g/mol. The molecule has 1 aromatic rings. The van der Waals surface area contributed by atoms with E-state index in [1.165, 1.54) is 0 Å². The predicted molar refractivity (Wildman–Crippen MR) is 52.2 cm³/mol. The van der Waals surface area contributed by atoms with Gasteiger partial charge >= 0.3 is 0 Å². The monoisotopic (exact) mass is 216 g/mol. The van der Waals surface area contributed by atoms with Gasteiger partial charge in [-0.1, -0.05) is 30.3 Å². The molecule has 0 unspecified atom stereocenters. The van der Waals surface area contributed by atoms with E-state index in [0.29, 0.717) is 5.56 Å². The Hall–Kier alpha value is -0.910. The van der Waals surface area contributed by atoms with Crippen molar-refractivity contribution in [2.75, 3.05) is 12.9 Å². The van der Waals surface area contributed by atoms with Gasteiger partial charge in [-0.05, 0) is 5.56 Å². The largest absolute Gasteiger partial charge is 0.386 e. The summed E-state index contributed by atoms with van der Waals surface area (Å²) in [5, 5.41) is 9.49. The van der Waals surface area contributed by atoms with Gasteiger partial charge in [0.15, 0.2) is 0 Å². The maximum Gasteiger partial charge on any atom is 0.264 e. The van der Waals surface area contributed by atoms with E-state index >= 15 is 0 Å². The van der Waals surface area contributed by atoms with Gasteiger partial charge in [-0.2, -0.15) is 8.42 Å². The molecule has 1 atom stereocenters. The van der Waals surface area contributed by atoms with Gasteiger partial charge in [0, 0.05) is 0 Å². The summed E-state index contributed by atoms with van der Waals surface area (Å²) < 4.78 is 25.7. The minimum Gasteiger partial charge on any atom is -0.386 e. The molecule has 0 bridgehead atoms. The van der Waals surface area contributed by atoms with Crippen LogP contribution in [0.3, 0.4) is 0 Å². The zero-order chi connectivity index (χ0) is 10.6. The third-order valence-electron chi connectivity index (χ3n) is 1.62. The zero-order valence-electron chi connectivity index (χ0n) is 7.75. The van der Waals surface area contributed by atoms with Crippen molar-refractivity contribution in [2.45, 2.75) is 6.10 Å². The first-order valence-corrected chi connectivity index (χ1v) is 5.88. The average Bonchev–Trinajstić information content (AvgIpc) is 2.14. The SMILES string of the molecule is CS(=O)(=O)OC[C@@H](O)c1ccccc1. The van der Waals surface area contributed by atoms with Crippen molar-refractivity contribution in [1.29, 1.82) is 0 Å². The molecular weight excluding hydrogens is 204 g/mol. The summed E-state index contributed by atoms with van der Waals surface area (Å²) in [6.45, 7) is -0.247. The molecule has 5 heteroatoms. The van der Waals surface area contributed by atoms with Crippen molar-refractivity contribution in [3.8, 4) is 0 Å². The van der Waals surface area contributed by atoms with E-state index in [2.05, 4.69) is 4.18 Å². The third-order valence-corrected chi connectivity index (χ3v) is 2.19. The van der Waals surface area contributed by atoms with Crippen molar-refractivity contribution in [3.05, 3.63) is 35.9 Å². The fourth-order valence-corrected chi connectivity index (χ4v) is 1.34. The Morgan fingerprint density at radius 1 is 1.36 bits per heavy atom. The van der Waals surface area contributed by atoms with Gasteiger partial charge in [0.1, 0.15) is 6.10 Å². The minimum absolute atomic E-state index is 0.247. The van der Waals surface area contributed by atoms with Crippen LogP contribution >= 0.6 is 0 Å². The molecule has 0 saturated carbocycles. The fraction of sp³-hybridized carbons (Fsp3) is 0.333. The number of aliphatic hydroxyl groups excluding tert-OH is 1. The molecule has 0 aliphatic heterocycles. The van der Waals surface area contributed by atoms with Gasteiger partial charge in [0.25, 0.3) is 10.1 Å². The van der Waals surface area contributed by atoms with Crippen LogP contribution < -0.4 is 0 Å². The number of hydrogen-bond donors (Lipinski definition) is 1. The Kier molecular flexibility index (Phi) is 3.62. The van der Waals surface area contributed by atoms with Gasteiger partial charge in [0.05, 0.1) is 12.9 Å². The van der Waals surface area contributed by atoms with Gasteiger partial charge < -0.3 is 5.11 Å². The highest BCUT2D eigenvalue weighted by molar-refractivity contribution is 7.85. The van der Waals surface area contributed by atoms with Gasteiger partial charge in [0.2, 0.25) is 0 Å². The summed E-state index contributed by atoms with van der Waals surface area (Å²) in [4.78, 5) is 0. The highest BCUT2D eigenvalue weighted by Crippen LogP contribution is 2.12. The second-order valence-electron chi connectivity index (χ2n) is 2.92. The Balaban J connectivity index is 2.56. The quantitative estimate of drug-likeness (QED) is 0.752. The highest BCUT2D eigenvalue weighted by atomic mass is 32.2. The molecule has 0 amide bonds. The summed E-state index contributed by atoms with van der Waals surface area (Å²) in [6, 6.07) is 8.75. The van der Waals surface area contributed by atoms with Crippen LogP contribution in [-0.2, 0) is 14.3 Å². The Bertz CT molecular complexity index is 371. The molecule has 0 aliphatic rings. The van der Waals surface area contributed by atoms with Gasteiger partial charge in [-0.25, -0.2) is 0 Å². The van der Waals surface area contributed by atoms with Gasteiger partial charge in [-0.3, -0.25) is 4.18 Å². The second-order valence-corrected chi connectivity index (χ2v) is 4.56. The molecular formula is C9H12O4S. The van der Waals surface area contributed by atoms with Crippen LogP contribution in [-0.4, -0.2) is 26.4 Å². The standard InChI is InChI=1S/C9H12O4S/c1-14(11,12)13-7-9(10)8-5-3-2-4-6-8/h2-6,9-10H,7H2,1H3/t9-/m1/s1. The number of aliphatic hydroxyl groups is 1. The Morgan fingerprint density at radius 3 is 2.43 bits per heavy atom. The molecule has 0 heterocycles. The van der Waals surface area contributed by atoms with Crippen molar-refractivity contribution in [1.82, 2.24) is 0 Å². The zero-order valence-corrected chi connectivity index (χ0v) is 8.57. The van der Waals surface area contributed by atoms with Crippen molar-refractivity contribution >= 4 is 10.1 Å². The minimum atomic E-state index is -3.49. The maximum absolute atomic E-state index is 10.6. The van der Waals surface area contributed by atoms with Crippen LogP contribution in [0.25, 0.3) is 0 Å². The second kappa shape index (κ2) is 4.54. The first-order chi connectivity index (χ1) is 6.49. The molecule has 0 fully saturated rings. The summed E-state index contributed by atoms with van der Waals surface area (Å²) >= 11 is 0. The van der Waals surface area contributed by atoms with E-state index in [9.17, 15) is 13.5 Å². The van der Waals surface area contributed by atoms with Crippen molar-refractivity contribution in [3.63, 3.8) is 0 Å². The molecule has 0 spiro atoms. The molecule has 1 N–H and O–H groups in total. The fourth-order valence-electron chi connectivity index (χ4n) is 0.959. The first-order valence-electron chi connectivity index (χ1n) is 4.06. The number of rotatable bonds is 4. The van der Waals surface area contributed by atoms with E-state index in [0.717, 1.165) is 6.26 Å². The van der Waals surface area contributed by atoms with Crippen LogP contribution in [0.4, 0.5) is 0 Å². The smallest absolute Gasteiger partial charge is 0.264 e. The highest BCUT2D eigenvalue weighted by Gasteiger charge is 2.10. The predicted octanol–water partition coefficient (Wildman–Crippen LogP) is 0.696. The van der Waals surface area contributed by atoms with Crippen molar-refractivity contribution < 1.29 is 17.7 Å². The molecule has 0 saturated heterocycles. The summed E-state index contributed by atoms with van der Waals surface area (Å²) in [5.74, 6) is 0. The van der Waals surface area contributed by atoms with Gasteiger partial charge in [-0.15, -0.1) is 0 Å². The van der Waals surface area contributed by atoms with E-state index in [4.69, 9.17) is 0 Å². The lowest BCUT2D eigenvalue weighted by molar-refractivity contribution is 0.112. The molecule has 1 rings (SSSR count). The van der Waals surface area contributed by atoms with Crippen LogP contribution in [0, 0.1) is 0 Å². The summed E-state index contributed by atoms with van der Waals surface area (Å²) in [6.07, 6.45) is 0.0379. The van der Waals surface area contributed by atoms with Crippen LogP contribution in [0.2, 0.25) is 0 Å². The normalized spacial score (nSPS) is 13.9. The maximum atomic E-state index is 10.6. The molecule has 0 radical (unpaired) electrons. The number of hydrogen-bond acceptors (Lipinski definition) is 4. The molecule has 4 nitrogen and oxygen atoms in total. The van der Waals surface area contributed by atoms with Crippen molar-refractivity contribution in [2.24, 2.45) is 0 Å². The lowest BCUT2D eigenvalue weighted by atomic mass is 10.1. The third kappa shape index (κ3) is 3.87. The van der Waals surface area contributed by atoms with Crippen LogP contribution in [0.5, 0.6) is 0 Å².